The summed E-state index contributed by atoms with van der Waals surface area (Å²) in [6, 6.07) is 0. The molecule has 4 rings (SSSR count). The van der Waals surface area contributed by atoms with E-state index in [1.165, 1.54) is 13.8 Å². The standard InChI is InChI=1S/C24H32O8/c1-12-7-8-18(29-14(3)25)22(5)17(9-16-13(2)21(27)32-24(16,28)11-12)23(6)20(31-23)10-19(22)30-15(4)26/h11,17-20,28H,7-10H2,1-6H3/b12-11-/t17-,18+,19+,20-,22+,23+,24-/m1/s1. The smallest absolute Gasteiger partial charge is 0.336 e. The lowest BCUT2D eigenvalue weighted by Crippen LogP contribution is -2.59. The molecule has 0 aromatic carbocycles. The van der Waals surface area contributed by atoms with E-state index in [1.807, 2.05) is 20.8 Å². The summed E-state index contributed by atoms with van der Waals surface area (Å²) in [5.41, 5.74) is 0.260. The normalized spacial score (nSPS) is 44.8. The van der Waals surface area contributed by atoms with Crippen molar-refractivity contribution in [3.05, 3.63) is 22.8 Å². The minimum Gasteiger partial charge on any atom is -0.462 e. The predicted molar refractivity (Wildman–Crippen MR) is 112 cm³/mol. The molecule has 0 aromatic heterocycles. The summed E-state index contributed by atoms with van der Waals surface area (Å²) in [5.74, 6) is -3.52. The van der Waals surface area contributed by atoms with Crippen molar-refractivity contribution in [1.29, 1.82) is 0 Å². The van der Waals surface area contributed by atoms with Gasteiger partial charge in [0.25, 0.3) is 5.79 Å². The predicted octanol–water partition coefficient (Wildman–Crippen LogP) is 2.73. The second kappa shape index (κ2) is 7.42. The van der Waals surface area contributed by atoms with Crippen LogP contribution >= 0.6 is 0 Å². The SMILES string of the molecule is CC(=O)O[C@H]1CC/C(C)=C\[C@@]2(O)OC(=O)C(C)=C2C[C@H]2[C@]3(C)O[C@@H]3C[C@H](OC(C)=O)[C@]12C. The Morgan fingerprint density at radius 3 is 2.38 bits per heavy atom. The summed E-state index contributed by atoms with van der Waals surface area (Å²) in [6.07, 6.45) is 2.08. The van der Waals surface area contributed by atoms with Crippen LogP contribution in [0, 0.1) is 11.3 Å². The molecule has 2 aliphatic carbocycles. The number of carbonyl (C=O) groups is 3. The minimum absolute atomic E-state index is 0.129. The van der Waals surface area contributed by atoms with E-state index in [2.05, 4.69) is 0 Å². The highest BCUT2D eigenvalue weighted by Gasteiger charge is 2.72. The number of epoxide rings is 1. The molecule has 2 heterocycles. The second-order valence-corrected chi connectivity index (χ2v) is 10.1. The van der Waals surface area contributed by atoms with Crippen LogP contribution in [0.25, 0.3) is 0 Å². The van der Waals surface area contributed by atoms with Crippen LogP contribution in [-0.4, -0.2) is 52.7 Å². The van der Waals surface area contributed by atoms with Crippen molar-refractivity contribution < 1.29 is 38.4 Å². The molecule has 7 atom stereocenters. The Labute approximate surface area is 187 Å². The summed E-state index contributed by atoms with van der Waals surface area (Å²) >= 11 is 0. The Morgan fingerprint density at radius 1 is 1.12 bits per heavy atom. The van der Waals surface area contributed by atoms with E-state index < -0.39 is 46.9 Å². The number of carbonyl (C=O) groups excluding carboxylic acids is 3. The van der Waals surface area contributed by atoms with Gasteiger partial charge in [-0.1, -0.05) is 12.5 Å². The van der Waals surface area contributed by atoms with Gasteiger partial charge in [-0.3, -0.25) is 9.59 Å². The highest BCUT2D eigenvalue weighted by Crippen LogP contribution is 2.63. The van der Waals surface area contributed by atoms with E-state index in [4.69, 9.17) is 18.9 Å². The Balaban J connectivity index is 1.89. The molecular weight excluding hydrogens is 416 g/mol. The van der Waals surface area contributed by atoms with E-state index in [1.54, 1.807) is 13.0 Å². The van der Waals surface area contributed by atoms with Gasteiger partial charge in [0, 0.05) is 42.7 Å². The second-order valence-electron chi connectivity index (χ2n) is 10.1. The minimum atomic E-state index is -1.82. The molecule has 32 heavy (non-hydrogen) atoms. The topological polar surface area (TPSA) is 112 Å². The summed E-state index contributed by atoms with van der Waals surface area (Å²) in [4.78, 5) is 36.6. The first-order valence-corrected chi connectivity index (χ1v) is 11.2. The zero-order valence-corrected chi connectivity index (χ0v) is 19.5. The average molecular weight is 449 g/mol. The van der Waals surface area contributed by atoms with Crippen molar-refractivity contribution >= 4 is 17.9 Å². The molecule has 0 amide bonds. The van der Waals surface area contributed by atoms with Crippen molar-refractivity contribution in [2.75, 3.05) is 0 Å². The van der Waals surface area contributed by atoms with Crippen molar-refractivity contribution in [2.45, 2.75) is 96.9 Å². The lowest BCUT2D eigenvalue weighted by atomic mass is 9.55. The van der Waals surface area contributed by atoms with Crippen LogP contribution < -0.4 is 0 Å². The van der Waals surface area contributed by atoms with Crippen molar-refractivity contribution in [3.63, 3.8) is 0 Å². The molecule has 2 fully saturated rings. The van der Waals surface area contributed by atoms with Crippen LogP contribution in [0.3, 0.4) is 0 Å². The van der Waals surface area contributed by atoms with E-state index in [9.17, 15) is 19.5 Å². The van der Waals surface area contributed by atoms with Gasteiger partial charge in [-0.15, -0.1) is 0 Å². The van der Waals surface area contributed by atoms with Gasteiger partial charge in [0.15, 0.2) is 0 Å². The summed E-state index contributed by atoms with van der Waals surface area (Å²) < 4.78 is 23.2. The van der Waals surface area contributed by atoms with Gasteiger partial charge in [0.05, 0.1) is 11.7 Å². The first-order valence-electron chi connectivity index (χ1n) is 11.2. The lowest BCUT2D eigenvalue weighted by molar-refractivity contribution is -0.190. The maximum Gasteiger partial charge on any atom is 0.336 e. The number of ether oxygens (including phenoxy) is 4. The Bertz CT molecular complexity index is 934. The van der Waals surface area contributed by atoms with Crippen molar-refractivity contribution in [2.24, 2.45) is 11.3 Å². The molecule has 0 bridgehead atoms. The monoisotopic (exact) mass is 448 g/mol. The maximum atomic E-state index is 12.4. The molecular formula is C24H32O8. The van der Waals surface area contributed by atoms with Crippen LogP contribution in [0.4, 0.5) is 0 Å². The van der Waals surface area contributed by atoms with Crippen molar-refractivity contribution in [1.82, 2.24) is 0 Å². The number of fused-ring (bicyclic) bond motifs is 4. The average Bonchev–Trinajstić information content (AvgIpc) is 3.27. The fraction of sp³-hybridized carbons (Fsp3) is 0.708. The summed E-state index contributed by atoms with van der Waals surface area (Å²) in [7, 11) is 0. The highest BCUT2D eigenvalue weighted by molar-refractivity contribution is 5.92. The highest BCUT2D eigenvalue weighted by atomic mass is 16.7. The van der Waals surface area contributed by atoms with Crippen LogP contribution in [-0.2, 0) is 33.3 Å². The fourth-order valence-electron chi connectivity index (χ4n) is 6.13. The molecule has 2 aliphatic heterocycles. The van der Waals surface area contributed by atoms with Crippen LogP contribution in [0.15, 0.2) is 22.8 Å². The molecule has 1 saturated heterocycles. The third-order valence-corrected chi connectivity index (χ3v) is 7.94. The zero-order valence-electron chi connectivity index (χ0n) is 19.5. The molecule has 176 valence electrons. The summed E-state index contributed by atoms with van der Waals surface area (Å²) in [5, 5.41) is 11.3. The number of rotatable bonds is 2. The number of allylic oxidation sites excluding steroid dienone is 1. The third kappa shape index (κ3) is 3.48. The molecule has 0 spiro atoms. The van der Waals surface area contributed by atoms with Crippen molar-refractivity contribution in [3.8, 4) is 0 Å². The molecule has 0 unspecified atom stereocenters. The molecule has 8 heteroatoms. The van der Waals surface area contributed by atoms with E-state index >= 15 is 0 Å². The van der Waals surface area contributed by atoms with Crippen LogP contribution in [0.2, 0.25) is 0 Å². The number of esters is 3. The van der Waals surface area contributed by atoms with Gasteiger partial charge in [0.2, 0.25) is 0 Å². The molecule has 1 saturated carbocycles. The largest absolute Gasteiger partial charge is 0.462 e. The maximum absolute atomic E-state index is 12.4. The van der Waals surface area contributed by atoms with Gasteiger partial charge in [0.1, 0.15) is 12.2 Å². The molecule has 4 aliphatic rings. The molecule has 8 nitrogen and oxygen atoms in total. The number of aliphatic hydroxyl groups is 1. The number of hydrogen-bond donors (Lipinski definition) is 1. The zero-order chi connectivity index (χ0) is 23.6. The third-order valence-electron chi connectivity index (χ3n) is 7.94. The molecule has 0 radical (unpaired) electrons. The first-order chi connectivity index (χ1) is 14.8. The summed E-state index contributed by atoms with van der Waals surface area (Å²) in [6.45, 7) is 10.2. The Hall–Kier alpha value is -2.19. The van der Waals surface area contributed by atoms with Gasteiger partial charge < -0.3 is 24.1 Å². The van der Waals surface area contributed by atoms with E-state index in [0.717, 1.165) is 5.57 Å². The molecule has 1 N–H and O–H groups in total. The fourth-order valence-corrected chi connectivity index (χ4v) is 6.13. The number of hydrogen-bond acceptors (Lipinski definition) is 8. The quantitative estimate of drug-likeness (QED) is 0.297. The Kier molecular flexibility index (Phi) is 5.33. The van der Waals surface area contributed by atoms with Gasteiger partial charge >= 0.3 is 17.9 Å². The van der Waals surface area contributed by atoms with E-state index in [-0.39, 0.29) is 18.4 Å². The van der Waals surface area contributed by atoms with Gasteiger partial charge in [-0.2, -0.15) is 0 Å². The molecule has 0 aromatic rings. The first kappa shape index (κ1) is 23.0. The van der Waals surface area contributed by atoms with Gasteiger partial charge in [-0.05, 0) is 46.1 Å². The van der Waals surface area contributed by atoms with Crippen LogP contribution in [0.1, 0.15) is 67.2 Å². The van der Waals surface area contributed by atoms with Crippen LogP contribution in [0.5, 0.6) is 0 Å². The van der Waals surface area contributed by atoms with E-state index in [0.29, 0.717) is 30.4 Å². The lowest BCUT2D eigenvalue weighted by Gasteiger charge is -2.51. The Morgan fingerprint density at radius 2 is 1.75 bits per heavy atom. The van der Waals surface area contributed by atoms with Gasteiger partial charge in [-0.25, -0.2) is 4.79 Å².